The zero-order valence-corrected chi connectivity index (χ0v) is 13.3. The summed E-state index contributed by atoms with van der Waals surface area (Å²) in [6.07, 6.45) is 5.59. The molecule has 116 valence electrons. The Morgan fingerprint density at radius 3 is 2.60 bits per heavy atom. The van der Waals surface area contributed by atoms with Crippen molar-refractivity contribution in [2.75, 3.05) is 19.6 Å². The van der Waals surface area contributed by atoms with Gasteiger partial charge in [-0.2, -0.15) is 0 Å². The Morgan fingerprint density at radius 2 is 2.10 bits per heavy atom. The van der Waals surface area contributed by atoms with Gasteiger partial charge in [-0.25, -0.2) is 0 Å². The molecule has 0 bridgehead atoms. The normalized spacial score (nSPS) is 26.9. The Kier molecular flexibility index (Phi) is 5.08. The second kappa shape index (κ2) is 6.44. The van der Waals surface area contributed by atoms with Crippen molar-refractivity contribution in [1.29, 1.82) is 0 Å². The lowest BCUT2D eigenvalue weighted by Crippen LogP contribution is -2.54. The first-order valence-corrected chi connectivity index (χ1v) is 8.20. The minimum Gasteiger partial charge on any atom is -0.368 e. The summed E-state index contributed by atoms with van der Waals surface area (Å²) < 4.78 is 0. The molecule has 0 aromatic heterocycles. The largest absolute Gasteiger partial charge is 0.368 e. The smallest absolute Gasteiger partial charge is 0.237 e. The Balaban J connectivity index is 1.72. The van der Waals surface area contributed by atoms with E-state index >= 15 is 0 Å². The molecule has 1 aliphatic carbocycles. The molecular formula is C16H31N3O. The van der Waals surface area contributed by atoms with Gasteiger partial charge < -0.3 is 16.0 Å². The molecule has 1 saturated carbocycles. The van der Waals surface area contributed by atoms with Gasteiger partial charge in [0.25, 0.3) is 0 Å². The fourth-order valence-corrected chi connectivity index (χ4v) is 3.21. The van der Waals surface area contributed by atoms with Crippen LogP contribution >= 0.6 is 0 Å². The van der Waals surface area contributed by atoms with E-state index in [2.05, 4.69) is 24.1 Å². The maximum Gasteiger partial charge on any atom is 0.237 e. The third kappa shape index (κ3) is 4.19. The van der Waals surface area contributed by atoms with E-state index in [0.717, 1.165) is 31.2 Å². The molecule has 1 amide bonds. The third-order valence-electron chi connectivity index (χ3n) is 5.05. The Bertz CT molecular complexity index is 341. The first-order chi connectivity index (χ1) is 9.40. The minimum absolute atomic E-state index is 0.203. The lowest BCUT2D eigenvalue weighted by atomic mass is 9.94. The van der Waals surface area contributed by atoms with Gasteiger partial charge in [0.2, 0.25) is 5.91 Å². The highest BCUT2D eigenvalue weighted by Gasteiger charge is 2.36. The highest BCUT2D eigenvalue weighted by molar-refractivity contribution is 5.84. The predicted molar refractivity (Wildman–Crippen MR) is 82.4 cm³/mol. The number of nitrogens with two attached hydrogens (primary N) is 1. The monoisotopic (exact) mass is 281 g/mol. The van der Waals surface area contributed by atoms with E-state index in [9.17, 15) is 4.79 Å². The Labute approximate surface area is 123 Å². The zero-order valence-electron chi connectivity index (χ0n) is 13.3. The average Bonchev–Trinajstić information content (AvgIpc) is 3.04. The van der Waals surface area contributed by atoms with Crippen LogP contribution in [0.5, 0.6) is 0 Å². The molecule has 3 N–H and O–H groups in total. The van der Waals surface area contributed by atoms with Crippen molar-refractivity contribution in [2.45, 2.75) is 64.5 Å². The fraction of sp³-hybridized carbons (Fsp3) is 0.938. The zero-order chi connectivity index (χ0) is 14.8. The molecular weight excluding hydrogens is 250 g/mol. The second-order valence-corrected chi connectivity index (χ2v) is 7.31. The van der Waals surface area contributed by atoms with Crippen LogP contribution in [-0.4, -0.2) is 42.0 Å². The van der Waals surface area contributed by atoms with E-state index < -0.39 is 5.54 Å². The highest BCUT2D eigenvalue weighted by atomic mass is 16.1. The van der Waals surface area contributed by atoms with Crippen LogP contribution in [0.3, 0.4) is 0 Å². The van der Waals surface area contributed by atoms with Crippen LogP contribution in [0.1, 0.15) is 52.9 Å². The summed E-state index contributed by atoms with van der Waals surface area (Å²) in [5.41, 5.74) is 5.07. The molecule has 2 unspecified atom stereocenters. The van der Waals surface area contributed by atoms with Crippen molar-refractivity contribution in [1.82, 2.24) is 10.2 Å². The molecule has 1 saturated heterocycles. The maximum atomic E-state index is 11.7. The van der Waals surface area contributed by atoms with Crippen LogP contribution in [-0.2, 0) is 4.79 Å². The number of amides is 1. The number of nitrogens with one attached hydrogen (secondary N) is 1. The van der Waals surface area contributed by atoms with Crippen LogP contribution in [0.4, 0.5) is 0 Å². The number of nitrogens with zero attached hydrogens (tertiary/aromatic N) is 1. The fourth-order valence-electron chi connectivity index (χ4n) is 3.21. The van der Waals surface area contributed by atoms with E-state index in [1.54, 1.807) is 0 Å². The molecule has 2 fully saturated rings. The number of hydrogen-bond donors (Lipinski definition) is 2. The quantitative estimate of drug-likeness (QED) is 0.712. The number of rotatable bonds is 8. The molecule has 2 rings (SSSR count). The Hall–Kier alpha value is -0.610. The summed E-state index contributed by atoms with van der Waals surface area (Å²) in [5, 5.41) is 3.43. The van der Waals surface area contributed by atoms with Crippen molar-refractivity contribution in [3.05, 3.63) is 0 Å². The first-order valence-electron chi connectivity index (χ1n) is 8.20. The molecule has 2 aliphatic rings. The van der Waals surface area contributed by atoms with Crippen molar-refractivity contribution in [3.8, 4) is 0 Å². The van der Waals surface area contributed by atoms with Crippen molar-refractivity contribution < 1.29 is 4.79 Å². The summed E-state index contributed by atoms with van der Waals surface area (Å²) in [5.74, 6) is 1.43. The van der Waals surface area contributed by atoms with Gasteiger partial charge in [-0.1, -0.05) is 13.8 Å². The topological polar surface area (TPSA) is 58.4 Å². The summed E-state index contributed by atoms with van der Waals surface area (Å²) in [6, 6.07) is 0.518. The number of hydrogen-bond acceptors (Lipinski definition) is 3. The predicted octanol–water partition coefficient (Wildman–Crippen LogP) is 1.74. The van der Waals surface area contributed by atoms with Gasteiger partial charge in [-0.05, 0) is 64.0 Å². The van der Waals surface area contributed by atoms with Crippen molar-refractivity contribution in [2.24, 2.45) is 17.6 Å². The van der Waals surface area contributed by atoms with E-state index in [4.69, 9.17) is 5.73 Å². The SMILES string of the molecule is CC(C)C1CCN(CCCC(C)(NC2CC2)C(N)=O)C1. The number of carbonyl (C=O) groups is 1. The maximum absolute atomic E-state index is 11.7. The van der Waals surface area contributed by atoms with Gasteiger partial charge in [-0.15, -0.1) is 0 Å². The van der Waals surface area contributed by atoms with E-state index in [1.165, 1.54) is 32.4 Å². The third-order valence-corrected chi connectivity index (χ3v) is 5.05. The van der Waals surface area contributed by atoms with Gasteiger partial charge >= 0.3 is 0 Å². The van der Waals surface area contributed by atoms with Crippen molar-refractivity contribution in [3.63, 3.8) is 0 Å². The molecule has 0 aromatic carbocycles. The van der Waals surface area contributed by atoms with Gasteiger partial charge in [0, 0.05) is 12.6 Å². The Morgan fingerprint density at radius 1 is 1.40 bits per heavy atom. The van der Waals surface area contributed by atoms with E-state index in [-0.39, 0.29) is 5.91 Å². The summed E-state index contributed by atoms with van der Waals surface area (Å²) in [6.45, 7) is 10.1. The molecule has 0 spiro atoms. The average molecular weight is 281 g/mol. The van der Waals surface area contributed by atoms with Crippen LogP contribution < -0.4 is 11.1 Å². The van der Waals surface area contributed by atoms with E-state index in [0.29, 0.717) is 6.04 Å². The number of likely N-dealkylation sites (tertiary alicyclic amines) is 1. The van der Waals surface area contributed by atoms with Gasteiger partial charge in [0.05, 0.1) is 5.54 Å². The molecule has 20 heavy (non-hydrogen) atoms. The summed E-state index contributed by atoms with van der Waals surface area (Å²) in [4.78, 5) is 14.2. The molecule has 0 radical (unpaired) electrons. The molecule has 1 aliphatic heterocycles. The van der Waals surface area contributed by atoms with Crippen molar-refractivity contribution >= 4 is 5.91 Å². The molecule has 4 heteroatoms. The van der Waals surface area contributed by atoms with Crippen LogP contribution in [0.25, 0.3) is 0 Å². The summed E-state index contributed by atoms with van der Waals surface area (Å²) >= 11 is 0. The lowest BCUT2D eigenvalue weighted by Gasteiger charge is -2.28. The molecule has 4 nitrogen and oxygen atoms in total. The molecule has 1 heterocycles. The van der Waals surface area contributed by atoms with Crippen LogP contribution in [0, 0.1) is 11.8 Å². The lowest BCUT2D eigenvalue weighted by molar-refractivity contribution is -0.124. The molecule has 2 atom stereocenters. The second-order valence-electron chi connectivity index (χ2n) is 7.31. The molecule has 0 aromatic rings. The first kappa shape index (κ1) is 15.8. The highest BCUT2D eigenvalue weighted by Crippen LogP contribution is 2.26. The van der Waals surface area contributed by atoms with Crippen LogP contribution in [0.2, 0.25) is 0 Å². The summed E-state index contributed by atoms with van der Waals surface area (Å²) in [7, 11) is 0. The number of primary amides is 1. The van der Waals surface area contributed by atoms with Gasteiger partial charge in [-0.3, -0.25) is 4.79 Å². The number of carbonyl (C=O) groups excluding carboxylic acids is 1. The van der Waals surface area contributed by atoms with E-state index in [1.807, 2.05) is 6.92 Å². The standard InChI is InChI=1S/C16H31N3O/c1-12(2)13-7-10-19(11-13)9-4-8-16(3,15(17)20)18-14-5-6-14/h12-14,18H,4-11H2,1-3H3,(H2,17,20). The van der Waals surface area contributed by atoms with Crippen LogP contribution in [0.15, 0.2) is 0 Å². The van der Waals surface area contributed by atoms with Gasteiger partial charge in [0.15, 0.2) is 0 Å². The minimum atomic E-state index is -0.516. The van der Waals surface area contributed by atoms with Gasteiger partial charge in [0.1, 0.15) is 0 Å².